The number of imide groups is 1. The highest BCUT2D eigenvalue weighted by molar-refractivity contribution is 5.98. The molecule has 3 rings (SSSR count). The van der Waals surface area contributed by atoms with Crippen LogP contribution in [-0.4, -0.2) is 36.0 Å². The first-order valence-corrected chi connectivity index (χ1v) is 8.04. The average Bonchev–Trinajstić information content (AvgIpc) is 3.10. The minimum absolute atomic E-state index is 0.183. The van der Waals surface area contributed by atoms with Crippen molar-refractivity contribution < 1.29 is 23.9 Å². The molecule has 2 saturated heterocycles. The van der Waals surface area contributed by atoms with Crippen LogP contribution >= 0.6 is 0 Å². The predicted octanol–water partition coefficient (Wildman–Crippen LogP) is 2.54. The molecule has 6 nitrogen and oxygen atoms in total. The second-order valence-corrected chi connectivity index (χ2v) is 7.24. The largest absolute Gasteiger partial charge is 0.456 e. The molecule has 0 saturated carbocycles. The Morgan fingerprint density at radius 3 is 2.38 bits per heavy atom. The molecule has 0 aliphatic carbocycles. The quantitative estimate of drug-likeness (QED) is 0.779. The number of carbonyl (C=O) groups is 3. The Kier molecular flexibility index (Phi) is 4.07. The summed E-state index contributed by atoms with van der Waals surface area (Å²) in [5.74, 6) is -2.17. The van der Waals surface area contributed by atoms with E-state index in [4.69, 9.17) is 9.47 Å². The van der Waals surface area contributed by atoms with Crippen molar-refractivity contribution in [3.8, 4) is 0 Å². The fourth-order valence-corrected chi connectivity index (χ4v) is 3.45. The normalized spacial score (nSPS) is 27.1. The second-order valence-electron chi connectivity index (χ2n) is 7.24. The van der Waals surface area contributed by atoms with Crippen LogP contribution in [0.15, 0.2) is 30.3 Å². The number of hydrogen-bond acceptors (Lipinski definition) is 5. The standard InChI is InChI=1S/C18H21NO5/c1-18(2,3)13-12(15(20)19-9-10-23-17(19)22)14(24-16(13)21)11-7-5-4-6-8-11/h4-8,12-14H,9-10H2,1-3H3. The molecule has 2 amide bonds. The lowest BCUT2D eigenvalue weighted by molar-refractivity contribution is -0.147. The van der Waals surface area contributed by atoms with Crippen molar-refractivity contribution in [2.24, 2.45) is 17.3 Å². The van der Waals surface area contributed by atoms with Crippen molar-refractivity contribution in [3.63, 3.8) is 0 Å². The summed E-state index contributed by atoms with van der Waals surface area (Å²) >= 11 is 0. The molecular weight excluding hydrogens is 310 g/mol. The lowest BCUT2D eigenvalue weighted by atomic mass is 9.71. The van der Waals surface area contributed by atoms with Crippen LogP contribution in [0.3, 0.4) is 0 Å². The van der Waals surface area contributed by atoms with Gasteiger partial charge in [-0.25, -0.2) is 9.69 Å². The van der Waals surface area contributed by atoms with E-state index < -0.39 is 41.3 Å². The molecule has 128 valence electrons. The number of nitrogens with zero attached hydrogens (tertiary/aromatic N) is 1. The SMILES string of the molecule is CC(C)(C)C1C(=O)OC(c2ccccc2)C1C(=O)N1CCOC1=O. The molecule has 1 aromatic rings. The molecule has 0 aromatic heterocycles. The summed E-state index contributed by atoms with van der Waals surface area (Å²) in [5, 5.41) is 0. The Morgan fingerprint density at radius 1 is 1.17 bits per heavy atom. The first-order valence-electron chi connectivity index (χ1n) is 8.04. The van der Waals surface area contributed by atoms with Gasteiger partial charge < -0.3 is 9.47 Å². The molecule has 6 heteroatoms. The predicted molar refractivity (Wildman–Crippen MR) is 84.8 cm³/mol. The molecule has 2 aliphatic rings. The van der Waals surface area contributed by atoms with Crippen molar-refractivity contribution in [2.75, 3.05) is 13.2 Å². The van der Waals surface area contributed by atoms with Crippen LogP contribution in [0.1, 0.15) is 32.4 Å². The van der Waals surface area contributed by atoms with Gasteiger partial charge in [-0.3, -0.25) is 9.59 Å². The molecule has 2 aliphatic heterocycles. The number of esters is 1. The maximum atomic E-state index is 13.0. The van der Waals surface area contributed by atoms with Crippen LogP contribution in [0.25, 0.3) is 0 Å². The monoisotopic (exact) mass is 331 g/mol. The molecule has 2 heterocycles. The van der Waals surface area contributed by atoms with E-state index in [0.717, 1.165) is 10.5 Å². The molecule has 0 bridgehead atoms. The summed E-state index contributed by atoms with van der Waals surface area (Å²) in [6.07, 6.45) is -1.34. The summed E-state index contributed by atoms with van der Waals surface area (Å²) < 4.78 is 10.5. The number of benzene rings is 1. The third kappa shape index (κ3) is 2.77. The van der Waals surface area contributed by atoms with Gasteiger partial charge in [0, 0.05) is 0 Å². The van der Waals surface area contributed by atoms with E-state index in [9.17, 15) is 14.4 Å². The molecular formula is C18H21NO5. The van der Waals surface area contributed by atoms with Crippen molar-refractivity contribution in [2.45, 2.75) is 26.9 Å². The number of rotatable bonds is 2. The van der Waals surface area contributed by atoms with E-state index in [2.05, 4.69) is 0 Å². The van der Waals surface area contributed by atoms with Gasteiger partial charge in [-0.1, -0.05) is 51.1 Å². The van der Waals surface area contributed by atoms with E-state index in [0.29, 0.717) is 0 Å². The molecule has 3 unspecified atom stereocenters. The van der Waals surface area contributed by atoms with Gasteiger partial charge >= 0.3 is 12.1 Å². The second kappa shape index (κ2) is 5.92. The Hall–Kier alpha value is -2.37. The Bertz CT molecular complexity index is 664. The van der Waals surface area contributed by atoms with Crippen molar-refractivity contribution in [1.82, 2.24) is 4.90 Å². The van der Waals surface area contributed by atoms with Crippen LogP contribution in [0.5, 0.6) is 0 Å². The lowest BCUT2D eigenvalue weighted by Crippen LogP contribution is -2.43. The molecule has 2 fully saturated rings. The Labute approximate surface area is 140 Å². The average molecular weight is 331 g/mol. The van der Waals surface area contributed by atoms with Crippen molar-refractivity contribution in [1.29, 1.82) is 0 Å². The lowest BCUT2D eigenvalue weighted by Gasteiger charge is -2.30. The first kappa shape index (κ1) is 16.5. The highest BCUT2D eigenvalue weighted by Gasteiger charge is 2.56. The zero-order chi connectivity index (χ0) is 17.5. The van der Waals surface area contributed by atoms with Crippen LogP contribution in [0.4, 0.5) is 4.79 Å². The fourth-order valence-electron chi connectivity index (χ4n) is 3.45. The van der Waals surface area contributed by atoms with Crippen LogP contribution in [-0.2, 0) is 19.1 Å². The summed E-state index contributed by atoms with van der Waals surface area (Å²) in [7, 11) is 0. The number of ether oxygens (including phenoxy) is 2. The molecule has 0 radical (unpaired) electrons. The highest BCUT2D eigenvalue weighted by atomic mass is 16.6. The number of hydrogen-bond donors (Lipinski definition) is 0. The minimum Gasteiger partial charge on any atom is -0.456 e. The fraction of sp³-hybridized carbons (Fsp3) is 0.500. The molecule has 24 heavy (non-hydrogen) atoms. The van der Waals surface area contributed by atoms with Crippen molar-refractivity contribution in [3.05, 3.63) is 35.9 Å². The third-order valence-electron chi connectivity index (χ3n) is 4.56. The summed E-state index contributed by atoms with van der Waals surface area (Å²) in [4.78, 5) is 38.4. The van der Waals surface area contributed by atoms with E-state index in [1.165, 1.54) is 0 Å². The van der Waals surface area contributed by atoms with Gasteiger partial charge in [-0.05, 0) is 11.0 Å². The number of carbonyl (C=O) groups excluding carboxylic acids is 3. The van der Waals surface area contributed by atoms with E-state index >= 15 is 0 Å². The third-order valence-corrected chi connectivity index (χ3v) is 4.56. The van der Waals surface area contributed by atoms with Crippen LogP contribution < -0.4 is 0 Å². The van der Waals surface area contributed by atoms with E-state index in [1.807, 2.05) is 51.1 Å². The van der Waals surface area contributed by atoms with Gasteiger partial charge in [0.05, 0.1) is 18.4 Å². The summed E-state index contributed by atoms with van der Waals surface area (Å²) in [5.41, 5.74) is 0.286. The molecule has 0 N–H and O–H groups in total. The maximum Gasteiger partial charge on any atom is 0.416 e. The highest BCUT2D eigenvalue weighted by Crippen LogP contribution is 2.48. The molecule has 3 atom stereocenters. The van der Waals surface area contributed by atoms with Gasteiger partial charge in [0.15, 0.2) is 0 Å². The maximum absolute atomic E-state index is 13.0. The molecule has 0 spiro atoms. The van der Waals surface area contributed by atoms with E-state index in [1.54, 1.807) is 0 Å². The van der Waals surface area contributed by atoms with Crippen LogP contribution in [0.2, 0.25) is 0 Å². The number of amides is 2. The van der Waals surface area contributed by atoms with Crippen LogP contribution in [0, 0.1) is 17.3 Å². The van der Waals surface area contributed by atoms with Gasteiger partial charge in [0.25, 0.3) is 0 Å². The Morgan fingerprint density at radius 2 is 1.83 bits per heavy atom. The van der Waals surface area contributed by atoms with Gasteiger partial charge in [0.1, 0.15) is 12.7 Å². The summed E-state index contributed by atoms with van der Waals surface area (Å²) in [6, 6.07) is 9.17. The molecule has 1 aromatic carbocycles. The Balaban J connectivity index is 2.01. The first-order chi connectivity index (χ1) is 11.3. The van der Waals surface area contributed by atoms with Gasteiger partial charge in [0.2, 0.25) is 5.91 Å². The zero-order valence-electron chi connectivity index (χ0n) is 14.0. The van der Waals surface area contributed by atoms with Gasteiger partial charge in [-0.2, -0.15) is 0 Å². The number of cyclic esters (lactones) is 2. The van der Waals surface area contributed by atoms with Gasteiger partial charge in [-0.15, -0.1) is 0 Å². The minimum atomic E-state index is -0.745. The summed E-state index contributed by atoms with van der Waals surface area (Å²) in [6.45, 7) is 6.08. The zero-order valence-corrected chi connectivity index (χ0v) is 14.0. The topological polar surface area (TPSA) is 72.9 Å². The van der Waals surface area contributed by atoms with Crippen molar-refractivity contribution >= 4 is 18.0 Å². The van der Waals surface area contributed by atoms with E-state index in [-0.39, 0.29) is 13.2 Å². The smallest absolute Gasteiger partial charge is 0.416 e.